The van der Waals surface area contributed by atoms with Gasteiger partial charge in [-0.3, -0.25) is 24.0 Å². The Morgan fingerprint density at radius 1 is 1.00 bits per heavy atom. The monoisotopic (exact) mass is 390 g/mol. The van der Waals surface area contributed by atoms with Gasteiger partial charge in [0.1, 0.15) is 18.1 Å². The average Bonchev–Trinajstić information content (AvgIpc) is 2.60. The van der Waals surface area contributed by atoms with Gasteiger partial charge >= 0.3 is 11.9 Å². The van der Waals surface area contributed by atoms with Crippen LogP contribution < -0.4 is 21.3 Å². The standard InChI is InChI=1S/C14H22N4O9/c1-7(16-6-20)12(24)15-4-10(21)17-9(5-19)13(25)18-8(14(26)27)2-3-11(22)23/h6-9,19H,2-5H2,1H3,(H,15,24)(H,16,20)(H,17,21)(H,18,25)(H,22,23)(H,26,27)/t7-,8-,9-/m0/s1. The van der Waals surface area contributed by atoms with Crippen molar-refractivity contribution in [3.05, 3.63) is 0 Å². The molecule has 0 aliphatic carbocycles. The summed E-state index contributed by atoms with van der Waals surface area (Å²) in [6.07, 6.45) is -0.591. The summed E-state index contributed by atoms with van der Waals surface area (Å²) in [5.74, 6) is -5.28. The zero-order valence-electron chi connectivity index (χ0n) is 14.4. The Labute approximate surface area is 153 Å². The molecule has 0 saturated carbocycles. The number of hydrogen-bond acceptors (Lipinski definition) is 7. The highest BCUT2D eigenvalue weighted by Gasteiger charge is 2.26. The van der Waals surface area contributed by atoms with E-state index in [9.17, 15) is 33.9 Å². The second-order valence-electron chi connectivity index (χ2n) is 5.36. The first-order valence-electron chi connectivity index (χ1n) is 7.74. The molecule has 4 amide bonds. The molecule has 0 aliphatic rings. The van der Waals surface area contributed by atoms with Gasteiger partial charge in [-0.1, -0.05) is 0 Å². The number of nitrogens with one attached hydrogen (secondary N) is 4. The highest BCUT2D eigenvalue weighted by atomic mass is 16.4. The molecule has 7 N–H and O–H groups in total. The molecule has 0 aromatic heterocycles. The summed E-state index contributed by atoms with van der Waals surface area (Å²) in [7, 11) is 0. The van der Waals surface area contributed by atoms with Gasteiger partial charge in [-0.15, -0.1) is 0 Å². The predicted octanol–water partition coefficient (Wildman–Crippen LogP) is -3.85. The number of carbonyl (C=O) groups excluding carboxylic acids is 4. The zero-order valence-corrected chi connectivity index (χ0v) is 14.4. The van der Waals surface area contributed by atoms with Crippen molar-refractivity contribution >= 4 is 36.1 Å². The molecular weight excluding hydrogens is 368 g/mol. The van der Waals surface area contributed by atoms with Crippen molar-refractivity contribution in [1.82, 2.24) is 21.3 Å². The third kappa shape index (κ3) is 9.74. The van der Waals surface area contributed by atoms with Gasteiger partial charge in [-0.25, -0.2) is 4.79 Å². The molecule has 152 valence electrons. The van der Waals surface area contributed by atoms with Gasteiger partial charge in [0.05, 0.1) is 13.2 Å². The molecule has 0 heterocycles. The maximum absolute atomic E-state index is 12.0. The summed E-state index contributed by atoms with van der Waals surface area (Å²) in [6.45, 7) is -0.0521. The van der Waals surface area contributed by atoms with Gasteiger partial charge in [-0.05, 0) is 13.3 Å². The third-order valence-corrected chi connectivity index (χ3v) is 3.23. The van der Waals surface area contributed by atoms with Gasteiger partial charge in [0, 0.05) is 6.42 Å². The Morgan fingerprint density at radius 3 is 2.11 bits per heavy atom. The van der Waals surface area contributed by atoms with Gasteiger partial charge in [0.25, 0.3) is 0 Å². The Hall–Kier alpha value is -3.22. The SMILES string of the molecule is C[C@H](NC=O)C(=O)NCC(=O)N[C@@H](CO)C(=O)N[C@@H](CCC(=O)O)C(=O)O. The van der Waals surface area contributed by atoms with Crippen molar-refractivity contribution in [3.8, 4) is 0 Å². The fraction of sp³-hybridized carbons (Fsp3) is 0.571. The van der Waals surface area contributed by atoms with E-state index in [1.807, 2.05) is 5.32 Å². The van der Waals surface area contributed by atoms with Crippen LogP contribution in [0.5, 0.6) is 0 Å². The summed E-state index contributed by atoms with van der Waals surface area (Å²) >= 11 is 0. The van der Waals surface area contributed by atoms with Crippen LogP contribution >= 0.6 is 0 Å². The Morgan fingerprint density at radius 2 is 1.63 bits per heavy atom. The average molecular weight is 390 g/mol. The Kier molecular flexibility index (Phi) is 10.7. The lowest BCUT2D eigenvalue weighted by Gasteiger charge is -2.20. The van der Waals surface area contributed by atoms with Gasteiger partial charge in [-0.2, -0.15) is 0 Å². The van der Waals surface area contributed by atoms with E-state index >= 15 is 0 Å². The van der Waals surface area contributed by atoms with Crippen molar-refractivity contribution in [2.75, 3.05) is 13.2 Å². The Balaban J connectivity index is 4.62. The smallest absolute Gasteiger partial charge is 0.326 e. The molecule has 0 aromatic carbocycles. The van der Waals surface area contributed by atoms with E-state index in [0.29, 0.717) is 6.41 Å². The minimum Gasteiger partial charge on any atom is -0.481 e. The number of aliphatic carboxylic acids is 2. The number of hydrogen-bond donors (Lipinski definition) is 7. The fourth-order valence-electron chi connectivity index (χ4n) is 1.74. The Bertz CT molecular complexity index is 581. The first-order chi connectivity index (χ1) is 12.6. The van der Waals surface area contributed by atoms with Gasteiger partial charge in [0.2, 0.25) is 24.1 Å². The normalized spacial score (nSPS) is 13.4. The molecule has 0 unspecified atom stereocenters. The number of carboxylic acids is 2. The van der Waals surface area contributed by atoms with Crippen LogP contribution in [0.2, 0.25) is 0 Å². The summed E-state index contributed by atoms with van der Waals surface area (Å²) in [5, 5.41) is 35.2. The molecule has 0 aromatic rings. The summed E-state index contributed by atoms with van der Waals surface area (Å²) in [4.78, 5) is 67.0. The van der Waals surface area contributed by atoms with Gasteiger partial charge < -0.3 is 36.6 Å². The van der Waals surface area contributed by atoms with Crippen molar-refractivity contribution in [2.24, 2.45) is 0 Å². The van der Waals surface area contributed by atoms with Crippen LogP contribution in [0.3, 0.4) is 0 Å². The molecule has 0 spiro atoms. The quantitative estimate of drug-likeness (QED) is 0.153. The fourth-order valence-corrected chi connectivity index (χ4v) is 1.74. The minimum absolute atomic E-state index is 0.305. The van der Waals surface area contributed by atoms with Crippen molar-refractivity contribution in [2.45, 2.75) is 37.9 Å². The summed E-state index contributed by atoms with van der Waals surface area (Å²) < 4.78 is 0. The second-order valence-corrected chi connectivity index (χ2v) is 5.36. The number of aliphatic hydroxyl groups excluding tert-OH is 1. The van der Waals surface area contributed by atoms with Crippen LogP contribution in [0, 0.1) is 0 Å². The lowest BCUT2D eigenvalue weighted by atomic mass is 10.1. The van der Waals surface area contributed by atoms with E-state index in [2.05, 4.69) is 16.0 Å². The summed E-state index contributed by atoms with van der Waals surface area (Å²) in [5.41, 5.74) is 0. The second kappa shape index (κ2) is 12.2. The largest absolute Gasteiger partial charge is 0.481 e. The third-order valence-electron chi connectivity index (χ3n) is 3.23. The molecule has 0 rings (SSSR count). The molecule has 3 atom stereocenters. The maximum atomic E-state index is 12.0. The lowest BCUT2D eigenvalue weighted by molar-refractivity contribution is -0.143. The molecule has 27 heavy (non-hydrogen) atoms. The molecule has 13 nitrogen and oxygen atoms in total. The lowest BCUT2D eigenvalue weighted by Crippen LogP contribution is -2.55. The molecule has 13 heteroatoms. The number of rotatable bonds is 13. The number of amides is 4. The first-order valence-corrected chi connectivity index (χ1v) is 7.74. The zero-order chi connectivity index (χ0) is 21.0. The van der Waals surface area contributed by atoms with Crippen LogP contribution in [-0.4, -0.2) is 82.7 Å². The first kappa shape index (κ1) is 23.8. The molecule has 0 radical (unpaired) electrons. The van der Waals surface area contributed by atoms with Crippen LogP contribution in [0.1, 0.15) is 19.8 Å². The molecular formula is C14H22N4O9. The number of carbonyl (C=O) groups is 6. The highest BCUT2D eigenvalue weighted by Crippen LogP contribution is 1.99. The van der Waals surface area contributed by atoms with Crippen molar-refractivity contribution in [1.29, 1.82) is 0 Å². The molecule has 0 aliphatic heterocycles. The van der Waals surface area contributed by atoms with E-state index in [1.54, 1.807) is 0 Å². The van der Waals surface area contributed by atoms with Crippen LogP contribution in [0.15, 0.2) is 0 Å². The topological polar surface area (TPSA) is 211 Å². The molecule has 0 bridgehead atoms. The van der Waals surface area contributed by atoms with Crippen LogP contribution in [-0.2, 0) is 28.8 Å². The van der Waals surface area contributed by atoms with Gasteiger partial charge in [0.15, 0.2) is 0 Å². The van der Waals surface area contributed by atoms with Crippen LogP contribution in [0.25, 0.3) is 0 Å². The van der Waals surface area contributed by atoms with Crippen molar-refractivity contribution in [3.63, 3.8) is 0 Å². The number of aliphatic hydroxyl groups is 1. The molecule has 0 saturated heterocycles. The summed E-state index contributed by atoms with van der Waals surface area (Å²) in [6, 6.07) is -3.92. The maximum Gasteiger partial charge on any atom is 0.326 e. The number of carboxylic acid groups (broad SMARTS) is 2. The highest BCUT2D eigenvalue weighted by molar-refractivity contribution is 5.92. The van der Waals surface area contributed by atoms with E-state index in [0.717, 1.165) is 0 Å². The predicted molar refractivity (Wildman–Crippen MR) is 87.1 cm³/mol. The van der Waals surface area contributed by atoms with E-state index in [1.165, 1.54) is 6.92 Å². The van der Waals surface area contributed by atoms with E-state index in [-0.39, 0.29) is 6.42 Å². The van der Waals surface area contributed by atoms with E-state index in [4.69, 9.17) is 10.2 Å². The molecule has 0 fully saturated rings. The van der Waals surface area contributed by atoms with Crippen LogP contribution in [0.4, 0.5) is 0 Å². The minimum atomic E-state index is -1.52. The van der Waals surface area contributed by atoms with E-state index < -0.39 is 67.4 Å². The van der Waals surface area contributed by atoms with Crippen molar-refractivity contribution < 1.29 is 44.1 Å².